The van der Waals surface area contributed by atoms with Crippen molar-refractivity contribution >= 4 is 17.2 Å². The zero-order chi connectivity index (χ0) is 29.9. The van der Waals surface area contributed by atoms with Gasteiger partial charge in [0.05, 0.1) is 12.1 Å². The standard InChI is InChI=1S/C32H41FN4O4S/c1-31(2,3)15-21-12-24-26(16-32(6-5-7-32)41-29(24)36-17-21)35-18-27(38)25(37-28(39)19-40-4)13-20-10-22(14-23(33)11-20)30-34-8-9-42-30/h8-12,14,17,25-27,35,38H,5-7,13,15-16,18-19H2,1-4H3,(H,37,39)/t25?,26-,27+/m0/s1. The van der Waals surface area contributed by atoms with E-state index in [2.05, 4.69) is 42.5 Å². The number of amides is 1. The summed E-state index contributed by atoms with van der Waals surface area (Å²) in [7, 11) is 1.44. The molecule has 1 amide bonds. The first-order valence-electron chi connectivity index (χ1n) is 14.6. The Kier molecular flexibility index (Phi) is 9.27. The quantitative estimate of drug-likeness (QED) is 0.286. The summed E-state index contributed by atoms with van der Waals surface area (Å²) in [6, 6.07) is 6.18. The lowest BCUT2D eigenvalue weighted by Crippen LogP contribution is -2.52. The van der Waals surface area contributed by atoms with Crippen LogP contribution in [0.1, 0.15) is 69.2 Å². The summed E-state index contributed by atoms with van der Waals surface area (Å²) in [6.07, 6.45) is 7.63. The number of methoxy groups -OCH3 is 1. The van der Waals surface area contributed by atoms with Crippen molar-refractivity contribution in [2.24, 2.45) is 5.41 Å². The molecule has 3 N–H and O–H groups in total. The molecular weight excluding hydrogens is 555 g/mol. The van der Waals surface area contributed by atoms with Crippen molar-refractivity contribution in [3.63, 3.8) is 0 Å². The molecule has 3 heterocycles. The van der Waals surface area contributed by atoms with E-state index in [0.29, 0.717) is 22.0 Å². The van der Waals surface area contributed by atoms with Crippen molar-refractivity contribution in [2.45, 2.75) is 83.1 Å². The third-order valence-corrected chi connectivity index (χ3v) is 8.77. The van der Waals surface area contributed by atoms with Crippen LogP contribution < -0.4 is 15.4 Å². The Morgan fingerprint density at radius 2 is 2.05 bits per heavy atom. The van der Waals surface area contributed by atoms with Gasteiger partial charge in [-0.05, 0) is 72.9 Å². The van der Waals surface area contributed by atoms with Crippen LogP contribution in [0.15, 0.2) is 42.0 Å². The second kappa shape index (κ2) is 12.8. The van der Waals surface area contributed by atoms with Crippen molar-refractivity contribution in [2.75, 3.05) is 20.3 Å². The molecule has 1 aromatic carbocycles. The number of ether oxygens (including phenoxy) is 2. The minimum absolute atomic E-state index is 0.0582. The van der Waals surface area contributed by atoms with E-state index in [-0.39, 0.29) is 42.5 Å². The van der Waals surface area contributed by atoms with Gasteiger partial charge in [-0.3, -0.25) is 4.79 Å². The third-order valence-electron chi connectivity index (χ3n) is 7.95. The molecule has 0 radical (unpaired) electrons. The zero-order valence-electron chi connectivity index (χ0n) is 24.8. The molecule has 2 aromatic heterocycles. The lowest BCUT2D eigenvalue weighted by atomic mass is 9.73. The Morgan fingerprint density at radius 1 is 1.24 bits per heavy atom. The maximum absolute atomic E-state index is 14.6. The number of hydrogen-bond acceptors (Lipinski definition) is 8. The second-order valence-corrected chi connectivity index (χ2v) is 13.7. The lowest BCUT2D eigenvalue weighted by molar-refractivity contribution is -0.126. The molecule has 1 fully saturated rings. The van der Waals surface area contributed by atoms with Gasteiger partial charge in [-0.2, -0.15) is 0 Å². The predicted molar refractivity (Wildman–Crippen MR) is 161 cm³/mol. The van der Waals surface area contributed by atoms with Gasteiger partial charge < -0.3 is 25.2 Å². The highest BCUT2D eigenvalue weighted by Gasteiger charge is 2.46. The predicted octanol–water partition coefficient (Wildman–Crippen LogP) is 5.00. The van der Waals surface area contributed by atoms with Gasteiger partial charge in [0.25, 0.3) is 0 Å². The SMILES string of the molecule is COCC(=O)NC(Cc1cc(F)cc(-c2nccs2)c1)[C@H](O)CN[C@H]1CC2(CCC2)Oc2ncc(CC(C)(C)C)cc21. The Hall–Kier alpha value is -2.92. The number of carbonyl (C=O) groups excluding carboxylic acids is 1. The molecule has 0 saturated heterocycles. The molecule has 226 valence electrons. The maximum atomic E-state index is 14.6. The van der Waals surface area contributed by atoms with Crippen LogP contribution in [-0.2, 0) is 22.4 Å². The molecule has 1 aliphatic heterocycles. The van der Waals surface area contributed by atoms with E-state index in [4.69, 9.17) is 14.5 Å². The number of thiazole rings is 1. The molecule has 5 rings (SSSR count). The number of hydrogen-bond donors (Lipinski definition) is 3. The number of aromatic nitrogens is 2. The van der Waals surface area contributed by atoms with Gasteiger partial charge >= 0.3 is 0 Å². The Balaban J connectivity index is 1.35. The summed E-state index contributed by atoms with van der Waals surface area (Å²) in [4.78, 5) is 21.6. The van der Waals surface area contributed by atoms with E-state index < -0.39 is 18.0 Å². The highest BCUT2D eigenvalue weighted by Crippen LogP contribution is 2.48. The fourth-order valence-corrected chi connectivity index (χ4v) is 6.55. The fraction of sp³-hybridized carbons (Fsp3) is 0.531. The molecular formula is C32H41FN4O4S. The molecule has 3 aromatic rings. The number of nitrogens with one attached hydrogen (secondary N) is 2. The molecule has 1 unspecified atom stereocenters. The summed E-state index contributed by atoms with van der Waals surface area (Å²) in [5.74, 6) is -0.0839. The first-order valence-corrected chi connectivity index (χ1v) is 15.5. The van der Waals surface area contributed by atoms with Gasteiger partial charge in [0.15, 0.2) is 0 Å². The largest absolute Gasteiger partial charge is 0.471 e. The topological polar surface area (TPSA) is 106 Å². The van der Waals surface area contributed by atoms with Crippen LogP contribution in [0.2, 0.25) is 0 Å². The van der Waals surface area contributed by atoms with Crippen LogP contribution in [0, 0.1) is 11.2 Å². The van der Waals surface area contributed by atoms with E-state index >= 15 is 0 Å². The summed E-state index contributed by atoms with van der Waals surface area (Å²) in [6.45, 7) is 6.69. The molecule has 1 spiro atoms. The molecule has 10 heteroatoms. The van der Waals surface area contributed by atoms with E-state index in [1.54, 1.807) is 6.20 Å². The van der Waals surface area contributed by atoms with Crippen molar-refractivity contribution in [3.05, 3.63) is 64.5 Å². The number of carbonyl (C=O) groups is 1. The smallest absolute Gasteiger partial charge is 0.246 e. The first-order chi connectivity index (χ1) is 20.0. The number of benzene rings is 1. The van der Waals surface area contributed by atoms with Gasteiger partial charge in [-0.25, -0.2) is 14.4 Å². The second-order valence-electron chi connectivity index (χ2n) is 12.8. The number of pyridine rings is 1. The van der Waals surface area contributed by atoms with Crippen molar-refractivity contribution in [1.82, 2.24) is 20.6 Å². The molecule has 0 bridgehead atoms. The molecule has 3 atom stereocenters. The number of nitrogens with zero attached hydrogens (tertiary/aromatic N) is 2. The highest BCUT2D eigenvalue weighted by molar-refractivity contribution is 7.13. The summed E-state index contributed by atoms with van der Waals surface area (Å²) in [5, 5.41) is 20.4. The van der Waals surface area contributed by atoms with Gasteiger partial charge in [-0.1, -0.05) is 20.8 Å². The summed E-state index contributed by atoms with van der Waals surface area (Å²) < 4.78 is 26.0. The molecule has 1 aliphatic carbocycles. The van der Waals surface area contributed by atoms with E-state index in [1.165, 1.54) is 30.6 Å². The minimum Gasteiger partial charge on any atom is -0.471 e. The monoisotopic (exact) mass is 596 g/mol. The number of aliphatic hydroxyl groups is 1. The Labute approximate surface area is 251 Å². The maximum Gasteiger partial charge on any atom is 0.246 e. The van der Waals surface area contributed by atoms with Crippen LogP contribution >= 0.6 is 11.3 Å². The third kappa shape index (κ3) is 7.53. The Bertz CT molecular complexity index is 1370. The molecule has 1 saturated carbocycles. The summed E-state index contributed by atoms with van der Waals surface area (Å²) >= 11 is 1.43. The van der Waals surface area contributed by atoms with Crippen molar-refractivity contribution in [3.8, 4) is 16.5 Å². The Morgan fingerprint density at radius 3 is 2.71 bits per heavy atom. The van der Waals surface area contributed by atoms with Crippen LogP contribution in [0.4, 0.5) is 4.39 Å². The van der Waals surface area contributed by atoms with E-state index in [9.17, 15) is 14.3 Å². The zero-order valence-corrected chi connectivity index (χ0v) is 25.6. The molecule has 42 heavy (non-hydrogen) atoms. The molecule has 2 aliphatic rings. The van der Waals surface area contributed by atoms with Crippen molar-refractivity contribution in [1.29, 1.82) is 0 Å². The minimum atomic E-state index is -0.952. The fourth-order valence-electron chi connectivity index (χ4n) is 5.93. The van der Waals surface area contributed by atoms with Gasteiger partial charge in [-0.15, -0.1) is 11.3 Å². The average molecular weight is 597 g/mol. The van der Waals surface area contributed by atoms with Gasteiger partial charge in [0.1, 0.15) is 23.0 Å². The normalized spacial score (nSPS) is 19.0. The molecule has 8 nitrogen and oxygen atoms in total. The lowest BCUT2D eigenvalue weighted by Gasteiger charge is -2.47. The summed E-state index contributed by atoms with van der Waals surface area (Å²) in [5.41, 5.74) is 3.35. The van der Waals surface area contributed by atoms with E-state index in [1.807, 2.05) is 17.6 Å². The van der Waals surface area contributed by atoms with Gasteiger partial charge in [0.2, 0.25) is 11.8 Å². The number of fused-ring (bicyclic) bond motifs is 1. The van der Waals surface area contributed by atoms with Crippen molar-refractivity contribution < 1.29 is 23.8 Å². The van der Waals surface area contributed by atoms with Crippen LogP contribution in [0.3, 0.4) is 0 Å². The number of halogens is 1. The highest BCUT2D eigenvalue weighted by atomic mass is 32.1. The average Bonchev–Trinajstić information content (AvgIpc) is 3.44. The van der Waals surface area contributed by atoms with Crippen LogP contribution in [0.5, 0.6) is 5.88 Å². The van der Waals surface area contributed by atoms with Gasteiger partial charge in [0, 0.05) is 55.0 Å². The van der Waals surface area contributed by atoms with E-state index in [0.717, 1.165) is 43.2 Å². The first kappa shape index (κ1) is 30.5. The van der Waals surface area contributed by atoms with Crippen LogP contribution in [0.25, 0.3) is 10.6 Å². The van der Waals surface area contributed by atoms with Crippen LogP contribution in [-0.4, -0.2) is 59.0 Å². The number of aliphatic hydroxyl groups excluding tert-OH is 1. The number of rotatable bonds is 11.